The molecule has 57 heavy (non-hydrogen) atoms. The Hall–Kier alpha value is -5.81. The van der Waals surface area contributed by atoms with Crippen LogP contribution in [-0.2, 0) is 5.41 Å². The van der Waals surface area contributed by atoms with Gasteiger partial charge < -0.3 is 4.90 Å². The van der Waals surface area contributed by atoms with E-state index in [-0.39, 0.29) is 12.1 Å². The third-order valence-corrected chi connectivity index (χ3v) is 18.6. The van der Waals surface area contributed by atoms with E-state index >= 15 is 0 Å². The number of rotatable bonds is 4. The van der Waals surface area contributed by atoms with Gasteiger partial charge in [-0.2, -0.15) is 0 Å². The van der Waals surface area contributed by atoms with Crippen LogP contribution in [0.15, 0.2) is 192 Å². The zero-order valence-electron chi connectivity index (χ0n) is 32.8. The van der Waals surface area contributed by atoms with Crippen LogP contribution in [0.25, 0.3) is 22.3 Å². The van der Waals surface area contributed by atoms with Crippen molar-refractivity contribution in [3.8, 4) is 22.3 Å². The van der Waals surface area contributed by atoms with E-state index in [9.17, 15) is 0 Å². The maximum absolute atomic E-state index is 2.74. The molecule has 0 unspecified atom stereocenters. The summed E-state index contributed by atoms with van der Waals surface area (Å²) in [6.07, 6.45) is 0. The molecule has 0 aliphatic carbocycles. The zero-order chi connectivity index (χ0) is 38.5. The molecule has 8 aromatic carbocycles. The molecule has 3 heterocycles. The van der Waals surface area contributed by atoms with E-state index in [0.717, 1.165) is 0 Å². The van der Waals surface area contributed by atoms with E-state index in [2.05, 4.69) is 215 Å². The number of hydrogen-bond donors (Lipinski definition) is 0. The van der Waals surface area contributed by atoms with Crippen molar-refractivity contribution < 1.29 is 0 Å². The number of aryl methyl sites for hydroxylation is 1. The average Bonchev–Trinajstić information content (AvgIpc) is 3.53. The van der Waals surface area contributed by atoms with Crippen LogP contribution in [0.2, 0.25) is 0 Å². The predicted octanol–water partition coefficient (Wildman–Crippen LogP) is 9.08. The molecule has 0 saturated carbocycles. The van der Waals surface area contributed by atoms with Gasteiger partial charge in [-0.3, -0.25) is 0 Å². The summed E-state index contributed by atoms with van der Waals surface area (Å²) in [6.45, 7) is 9.25. The van der Waals surface area contributed by atoms with E-state index in [0.29, 0.717) is 0 Å². The highest BCUT2D eigenvalue weighted by molar-refractivity contribution is 8.00. The summed E-state index contributed by atoms with van der Waals surface area (Å²) in [5.74, 6) is 0. The van der Waals surface area contributed by atoms with Gasteiger partial charge in [-0.05, 0) is 114 Å². The van der Waals surface area contributed by atoms with Gasteiger partial charge in [-0.25, -0.2) is 0 Å². The van der Waals surface area contributed by atoms with Gasteiger partial charge in [0.2, 0.25) is 6.71 Å². The van der Waals surface area contributed by atoms with E-state index in [4.69, 9.17) is 0 Å². The second-order valence-electron chi connectivity index (χ2n) is 17.0. The highest BCUT2D eigenvalue weighted by Crippen LogP contribution is 2.44. The topological polar surface area (TPSA) is 3.24 Å². The first kappa shape index (κ1) is 34.4. The Labute approximate surface area is 342 Å². The second-order valence-corrected chi connectivity index (χ2v) is 21.8. The highest BCUT2D eigenvalue weighted by Gasteiger charge is 2.51. The van der Waals surface area contributed by atoms with Crippen LogP contribution < -0.4 is 42.0 Å². The van der Waals surface area contributed by atoms with Gasteiger partial charge in [0, 0.05) is 26.9 Å². The minimum atomic E-state index is -2.74. The molecule has 0 bridgehead atoms. The molecule has 0 aromatic heterocycles. The Morgan fingerprint density at radius 3 is 1.84 bits per heavy atom. The van der Waals surface area contributed by atoms with Crippen LogP contribution >= 0.6 is 11.8 Å². The standard InChI is InChI=1S/C53H42BNSSi/c1-35-30-47-52-49(31-35)56-48-29-24-37(36-16-8-5-9-17-36)32-45(48)54(52)44-33-43-42-22-14-15-23-50(42)57(40-18-10-6-11-19-40,41-20-12-7-13-21-41)51(43)34-46(44)55(47)39-27-25-38(26-28-39)53(2,3)4/h5-34H,1-4H3. The first-order valence-corrected chi connectivity index (χ1v) is 22.9. The average molecular weight is 764 g/mol. The van der Waals surface area contributed by atoms with E-state index in [1.54, 1.807) is 0 Å². The van der Waals surface area contributed by atoms with Gasteiger partial charge in [-0.1, -0.05) is 184 Å². The largest absolute Gasteiger partial charge is 0.311 e. The molecule has 3 aliphatic heterocycles. The lowest BCUT2D eigenvalue weighted by Crippen LogP contribution is -2.73. The lowest BCUT2D eigenvalue weighted by Gasteiger charge is -2.41. The maximum Gasteiger partial charge on any atom is 0.249 e. The SMILES string of the molecule is Cc1cc2c3c(c1)N(c1ccc(C(C)(C)C)cc1)c1cc4c(cc1B3c1cc(-c3ccccc3)ccc1S2)-c1ccccc1[Si]4(c1ccccc1)c1ccccc1. The fourth-order valence-electron chi connectivity index (χ4n) is 10.0. The van der Waals surface area contributed by atoms with Crippen molar-refractivity contribution in [2.24, 2.45) is 0 Å². The van der Waals surface area contributed by atoms with Crippen LogP contribution in [0.1, 0.15) is 31.9 Å². The summed E-state index contributed by atoms with van der Waals surface area (Å²) in [4.78, 5) is 5.31. The zero-order valence-corrected chi connectivity index (χ0v) is 34.6. The molecule has 0 atom stereocenters. The van der Waals surface area contributed by atoms with Crippen molar-refractivity contribution in [1.82, 2.24) is 0 Å². The van der Waals surface area contributed by atoms with Crippen LogP contribution in [0.3, 0.4) is 0 Å². The number of fused-ring (bicyclic) bond motifs is 7. The second kappa shape index (κ2) is 12.9. The first-order valence-electron chi connectivity index (χ1n) is 20.1. The van der Waals surface area contributed by atoms with Crippen molar-refractivity contribution in [1.29, 1.82) is 0 Å². The Kier molecular flexibility index (Phi) is 7.77. The quantitative estimate of drug-likeness (QED) is 0.165. The maximum atomic E-state index is 2.64. The van der Waals surface area contributed by atoms with E-state index in [1.165, 1.54) is 97.4 Å². The number of benzene rings is 8. The van der Waals surface area contributed by atoms with Gasteiger partial charge in [-0.15, -0.1) is 0 Å². The fraction of sp³-hybridized carbons (Fsp3) is 0.0943. The molecule has 11 rings (SSSR count). The lowest BCUT2D eigenvalue weighted by atomic mass is 9.34. The Morgan fingerprint density at radius 1 is 0.509 bits per heavy atom. The van der Waals surface area contributed by atoms with Crippen molar-refractivity contribution in [3.05, 3.63) is 193 Å². The smallest absolute Gasteiger partial charge is 0.249 e. The summed E-state index contributed by atoms with van der Waals surface area (Å²) in [5, 5.41) is 5.78. The van der Waals surface area contributed by atoms with Crippen molar-refractivity contribution >= 4 is 80.7 Å². The predicted molar refractivity (Wildman–Crippen MR) is 248 cm³/mol. The summed E-state index contributed by atoms with van der Waals surface area (Å²) < 4.78 is 0. The summed E-state index contributed by atoms with van der Waals surface area (Å²) >= 11 is 1.93. The Balaban J connectivity index is 1.26. The van der Waals surface area contributed by atoms with Crippen molar-refractivity contribution in [2.45, 2.75) is 42.9 Å². The van der Waals surface area contributed by atoms with Crippen LogP contribution in [-0.4, -0.2) is 14.8 Å². The number of hydrogen-bond acceptors (Lipinski definition) is 2. The molecular formula is C53H42BNSSi. The molecular weight excluding hydrogens is 722 g/mol. The Morgan fingerprint density at radius 2 is 1.16 bits per heavy atom. The first-order chi connectivity index (χ1) is 27.8. The Bertz CT molecular complexity index is 2820. The monoisotopic (exact) mass is 763 g/mol. The van der Waals surface area contributed by atoms with Gasteiger partial charge >= 0.3 is 0 Å². The van der Waals surface area contributed by atoms with Gasteiger partial charge in [0.05, 0.1) is 0 Å². The summed E-state index contributed by atoms with van der Waals surface area (Å²) in [6, 6.07) is 69.7. The third kappa shape index (κ3) is 5.17. The van der Waals surface area contributed by atoms with Gasteiger partial charge in [0.25, 0.3) is 0 Å². The van der Waals surface area contributed by atoms with Crippen molar-refractivity contribution in [3.63, 3.8) is 0 Å². The van der Waals surface area contributed by atoms with Gasteiger partial charge in [0.1, 0.15) is 0 Å². The molecule has 0 amide bonds. The minimum Gasteiger partial charge on any atom is -0.311 e. The molecule has 272 valence electrons. The van der Waals surface area contributed by atoms with Crippen molar-refractivity contribution in [2.75, 3.05) is 4.90 Å². The minimum absolute atomic E-state index is 0.0614. The molecule has 0 N–H and O–H groups in total. The van der Waals surface area contributed by atoms with Crippen LogP contribution in [0, 0.1) is 6.92 Å². The molecule has 4 heteroatoms. The lowest BCUT2D eigenvalue weighted by molar-refractivity contribution is 0.590. The van der Waals surface area contributed by atoms with E-state index < -0.39 is 8.07 Å². The molecule has 3 aliphatic rings. The summed E-state index contributed by atoms with van der Waals surface area (Å²) in [7, 11) is -2.74. The van der Waals surface area contributed by atoms with Crippen LogP contribution in [0.4, 0.5) is 17.1 Å². The number of anilines is 3. The summed E-state index contributed by atoms with van der Waals surface area (Å²) in [5.41, 5.74) is 15.9. The molecule has 0 spiro atoms. The molecule has 0 saturated heterocycles. The van der Waals surface area contributed by atoms with E-state index in [1.807, 2.05) is 11.8 Å². The van der Waals surface area contributed by atoms with Gasteiger partial charge in [0.15, 0.2) is 8.07 Å². The fourth-order valence-corrected chi connectivity index (χ4v) is 16.4. The highest BCUT2D eigenvalue weighted by atomic mass is 32.2. The normalized spacial score (nSPS) is 14.3. The molecule has 8 aromatic rings. The third-order valence-electron chi connectivity index (χ3n) is 12.6. The molecule has 0 radical (unpaired) electrons. The molecule has 1 nitrogen and oxygen atoms in total. The number of nitrogens with zero attached hydrogens (tertiary/aromatic N) is 1. The molecule has 0 fully saturated rings. The van der Waals surface area contributed by atoms with Crippen LogP contribution in [0.5, 0.6) is 0 Å².